The van der Waals surface area contributed by atoms with Gasteiger partial charge in [0.05, 0.1) is 17.7 Å². The molecule has 1 fully saturated rings. The minimum Gasteiger partial charge on any atom is -0.390 e. The Balaban J connectivity index is 0.00000161. The van der Waals surface area contributed by atoms with Crippen LogP contribution >= 0.6 is 12.4 Å². The van der Waals surface area contributed by atoms with Crippen LogP contribution in [0.4, 0.5) is 0 Å². The summed E-state index contributed by atoms with van der Waals surface area (Å²) in [5.74, 6) is 0.0262. The number of rotatable bonds is 3. The fraction of sp³-hybridized carbons (Fsp3) is 0.562. The molecule has 1 heterocycles. The first-order valence-electron chi connectivity index (χ1n) is 7.48. The molecule has 1 saturated heterocycles. The standard InChI is InChI=1S/C16H22N2O2.ClH/c1-2-16(8-5-9-17-16)15(20)18-14-12-7-4-3-6-11(12)10-13(14)19;/h3-4,6-7,13-14,17,19H,2,5,8-10H2,1H3,(H,18,20);1H/t13-,14+,16?;/m1./s1. The Morgan fingerprint density at radius 1 is 1.48 bits per heavy atom. The molecule has 0 bridgehead atoms. The first-order chi connectivity index (χ1) is 9.66. The third-order valence-electron chi connectivity index (χ3n) is 4.77. The van der Waals surface area contributed by atoms with Crippen molar-refractivity contribution in [2.45, 2.75) is 50.3 Å². The van der Waals surface area contributed by atoms with Crippen LogP contribution < -0.4 is 10.6 Å². The van der Waals surface area contributed by atoms with Gasteiger partial charge in [-0.2, -0.15) is 0 Å². The van der Waals surface area contributed by atoms with Crippen molar-refractivity contribution < 1.29 is 9.90 Å². The average Bonchev–Trinajstić information content (AvgIpc) is 3.05. The number of aliphatic hydroxyl groups excluding tert-OH is 1. The molecule has 0 spiro atoms. The quantitative estimate of drug-likeness (QED) is 0.796. The van der Waals surface area contributed by atoms with Crippen LogP contribution in [0.5, 0.6) is 0 Å². The van der Waals surface area contributed by atoms with E-state index in [-0.39, 0.29) is 24.4 Å². The fourth-order valence-corrected chi connectivity index (χ4v) is 3.49. The van der Waals surface area contributed by atoms with Crippen molar-refractivity contribution in [3.63, 3.8) is 0 Å². The number of amides is 1. The fourth-order valence-electron chi connectivity index (χ4n) is 3.49. The van der Waals surface area contributed by atoms with Gasteiger partial charge in [-0.1, -0.05) is 31.2 Å². The molecule has 0 aromatic heterocycles. The van der Waals surface area contributed by atoms with Gasteiger partial charge in [-0.15, -0.1) is 12.4 Å². The number of fused-ring (bicyclic) bond motifs is 1. The lowest BCUT2D eigenvalue weighted by atomic mass is 9.92. The average molecular weight is 311 g/mol. The van der Waals surface area contributed by atoms with Gasteiger partial charge in [0, 0.05) is 6.42 Å². The summed E-state index contributed by atoms with van der Waals surface area (Å²) >= 11 is 0. The van der Waals surface area contributed by atoms with Gasteiger partial charge in [0.1, 0.15) is 0 Å². The molecule has 0 radical (unpaired) electrons. The molecule has 4 nitrogen and oxygen atoms in total. The Morgan fingerprint density at radius 3 is 2.90 bits per heavy atom. The van der Waals surface area contributed by atoms with Gasteiger partial charge < -0.3 is 15.7 Å². The molecule has 3 N–H and O–H groups in total. The maximum Gasteiger partial charge on any atom is 0.240 e. The van der Waals surface area contributed by atoms with E-state index in [1.165, 1.54) is 0 Å². The van der Waals surface area contributed by atoms with Gasteiger partial charge in [-0.3, -0.25) is 4.79 Å². The van der Waals surface area contributed by atoms with Gasteiger partial charge in [0.25, 0.3) is 0 Å². The van der Waals surface area contributed by atoms with Crippen LogP contribution in [0.15, 0.2) is 24.3 Å². The summed E-state index contributed by atoms with van der Waals surface area (Å²) in [7, 11) is 0. The van der Waals surface area contributed by atoms with Crippen LogP contribution in [0.1, 0.15) is 43.4 Å². The van der Waals surface area contributed by atoms with Crippen LogP contribution in [0.25, 0.3) is 0 Å². The Labute approximate surface area is 131 Å². The minimum atomic E-state index is -0.522. The summed E-state index contributed by atoms with van der Waals surface area (Å²) in [6, 6.07) is 7.68. The zero-order valence-electron chi connectivity index (χ0n) is 12.3. The van der Waals surface area contributed by atoms with Gasteiger partial charge in [0.2, 0.25) is 5.91 Å². The topological polar surface area (TPSA) is 61.4 Å². The highest BCUT2D eigenvalue weighted by Crippen LogP contribution is 2.32. The predicted octanol–water partition coefficient (Wildman–Crippen LogP) is 1.71. The molecule has 1 amide bonds. The summed E-state index contributed by atoms with van der Waals surface area (Å²) in [5.41, 5.74) is 1.74. The lowest BCUT2D eigenvalue weighted by Gasteiger charge is -2.29. The second-order valence-corrected chi connectivity index (χ2v) is 5.89. The van der Waals surface area contributed by atoms with Gasteiger partial charge in [-0.25, -0.2) is 0 Å². The third-order valence-corrected chi connectivity index (χ3v) is 4.77. The van der Waals surface area contributed by atoms with Crippen LogP contribution in [-0.2, 0) is 11.2 Å². The smallest absolute Gasteiger partial charge is 0.240 e. The molecule has 1 aromatic rings. The molecule has 3 atom stereocenters. The molecule has 0 saturated carbocycles. The third kappa shape index (κ3) is 2.80. The van der Waals surface area contributed by atoms with E-state index in [1.54, 1.807) is 0 Å². The van der Waals surface area contributed by atoms with Gasteiger partial charge in [0.15, 0.2) is 0 Å². The van der Waals surface area contributed by atoms with Gasteiger partial charge in [-0.05, 0) is 36.9 Å². The molecule has 2 aliphatic rings. The lowest BCUT2D eigenvalue weighted by molar-refractivity contribution is -0.128. The Hall–Kier alpha value is -1.10. The highest BCUT2D eigenvalue weighted by molar-refractivity contribution is 5.87. The van der Waals surface area contributed by atoms with E-state index < -0.39 is 11.6 Å². The summed E-state index contributed by atoms with van der Waals surface area (Å²) in [6.07, 6.45) is 2.79. The summed E-state index contributed by atoms with van der Waals surface area (Å²) in [4.78, 5) is 12.6. The molecule has 5 heteroatoms. The first kappa shape index (κ1) is 16.3. The molecule has 116 valence electrons. The van der Waals surface area contributed by atoms with Crippen molar-refractivity contribution >= 4 is 18.3 Å². The molecule has 1 aromatic carbocycles. The SMILES string of the molecule is CCC1(C(=O)N[C@H]2c3ccccc3C[C@H]2O)CCCN1.Cl. The van der Waals surface area contributed by atoms with Crippen LogP contribution in [0.2, 0.25) is 0 Å². The molecular formula is C16H23ClN2O2. The normalized spacial score (nSPS) is 30.6. The zero-order chi connectivity index (χ0) is 14.2. The number of hydrogen-bond acceptors (Lipinski definition) is 3. The number of carbonyl (C=O) groups is 1. The number of aliphatic hydroxyl groups is 1. The highest BCUT2D eigenvalue weighted by Gasteiger charge is 2.42. The molecule has 1 aliphatic heterocycles. The van der Waals surface area contributed by atoms with Crippen LogP contribution in [0, 0.1) is 0 Å². The predicted molar refractivity (Wildman–Crippen MR) is 84.5 cm³/mol. The van der Waals surface area contributed by atoms with E-state index in [0.29, 0.717) is 6.42 Å². The molecule has 21 heavy (non-hydrogen) atoms. The Bertz CT molecular complexity index is 515. The zero-order valence-corrected chi connectivity index (χ0v) is 13.1. The van der Waals surface area contributed by atoms with E-state index in [4.69, 9.17) is 0 Å². The maximum absolute atomic E-state index is 12.6. The second-order valence-electron chi connectivity index (χ2n) is 5.89. The van der Waals surface area contributed by atoms with Crippen LogP contribution in [-0.4, -0.2) is 29.2 Å². The van der Waals surface area contributed by atoms with Crippen molar-refractivity contribution in [2.75, 3.05) is 6.54 Å². The number of hydrogen-bond donors (Lipinski definition) is 3. The number of halogens is 1. The molecule has 1 aliphatic carbocycles. The Kier molecular flexibility index (Phi) is 4.91. The lowest BCUT2D eigenvalue weighted by Crippen LogP contribution is -2.54. The number of nitrogens with one attached hydrogen (secondary N) is 2. The van der Waals surface area contributed by atoms with E-state index in [1.807, 2.05) is 31.2 Å². The molecular weight excluding hydrogens is 288 g/mol. The van der Waals surface area contributed by atoms with E-state index >= 15 is 0 Å². The van der Waals surface area contributed by atoms with Crippen molar-refractivity contribution in [3.8, 4) is 0 Å². The summed E-state index contributed by atoms with van der Waals surface area (Å²) < 4.78 is 0. The first-order valence-corrected chi connectivity index (χ1v) is 7.48. The summed E-state index contributed by atoms with van der Waals surface area (Å²) in [6.45, 7) is 2.93. The maximum atomic E-state index is 12.6. The second kappa shape index (κ2) is 6.34. The molecule has 3 rings (SSSR count). The van der Waals surface area contributed by atoms with E-state index in [0.717, 1.165) is 36.9 Å². The minimum absolute atomic E-state index is 0. The van der Waals surface area contributed by atoms with Gasteiger partial charge >= 0.3 is 0 Å². The van der Waals surface area contributed by atoms with Crippen molar-refractivity contribution in [2.24, 2.45) is 0 Å². The molecule has 1 unspecified atom stereocenters. The van der Waals surface area contributed by atoms with Crippen molar-refractivity contribution in [1.82, 2.24) is 10.6 Å². The Morgan fingerprint density at radius 2 is 2.24 bits per heavy atom. The number of benzene rings is 1. The number of carbonyl (C=O) groups excluding carboxylic acids is 1. The summed E-state index contributed by atoms with van der Waals surface area (Å²) in [5, 5.41) is 16.6. The van der Waals surface area contributed by atoms with Crippen LogP contribution in [0.3, 0.4) is 0 Å². The van der Waals surface area contributed by atoms with Crippen molar-refractivity contribution in [1.29, 1.82) is 0 Å². The largest absolute Gasteiger partial charge is 0.390 e. The van der Waals surface area contributed by atoms with E-state index in [9.17, 15) is 9.90 Å². The van der Waals surface area contributed by atoms with E-state index in [2.05, 4.69) is 10.6 Å². The monoisotopic (exact) mass is 310 g/mol. The highest BCUT2D eigenvalue weighted by atomic mass is 35.5. The van der Waals surface area contributed by atoms with Crippen molar-refractivity contribution in [3.05, 3.63) is 35.4 Å².